The molecule has 110 valence electrons. The fraction of sp³-hybridized carbons (Fsp3) is 0.500. The number of benzene rings is 1. The molecule has 4 rings (SSSR count). The lowest BCUT2D eigenvalue weighted by Crippen LogP contribution is -2.33. The van der Waals surface area contributed by atoms with Crippen LogP contribution in [-0.4, -0.2) is 23.7 Å². The van der Waals surface area contributed by atoms with Crippen molar-refractivity contribution in [2.24, 2.45) is 5.92 Å². The molecular formula is C18H22N2O. The van der Waals surface area contributed by atoms with Gasteiger partial charge in [0.15, 0.2) is 0 Å². The highest BCUT2D eigenvalue weighted by atomic mass is 16.5. The van der Waals surface area contributed by atoms with Gasteiger partial charge in [0.05, 0.1) is 12.2 Å². The van der Waals surface area contributed by atoms with Crippen LogP contribution in [0.5, 0.6) is 0 Å². The van der Waals surface area contributed by atoms with Gasteiger partial charge in [-0.3, -0.25) is 4.98 Å². The minimum Gasteiger partial charge on any atom is -0.375 e. The third-order valence-corrected chi connectivity index (χ3v) is 5.05. The van der Waals surface area contributed by atoms with Gasteiger partial charge in [-0.25, -0.2) is 0 Å². The van der Waals surface area contributed by atoms with E-state index in [2.05, 4.69) is 41.5 Å². The molecule has 21 heavy (non-hydrogen) atoms. The van der Waals surface area contributed by atoms with E-state index < -0.39 is 0 Å². The van der Waals surface area contributed by atoms with Crippen LogP contribution in [0.3, 0.4) is 0 Å². The molecule has 1 N–H and O–H groups in total. The molecule has 2 aromatic rings. The lowest BCUT2D eigenvalue weighted by Gasteiger charge is -2.30. The van der Waals surface area contributed by atoms with Crippen molar-refractivity contribution >= 4 is 10.8 Å². The Morgan fingerprint density at radius 1 is 1.33 bits per heavy atom. The highest BCUT2D eigenvalue weighted by Gasteiger charge is 2.44. The quantitative estimate of drug-likeness (QED) is 0.932. The van der Waals surface area contributed by atoms with Crippen molar-refractivity contribution in [3.8, 4) is 0 Å². The van der Waals surface area contributed by atoms with E-state index in [1.54, 1.807) is 0 Å². The first-order valence-corrected chi connectivity index (χ1v) is 8.08. The molecule has 2 aliphatic rings. The molecule has 2 fully saturated rings. The molecule has 0 spiro atoms. The van der Waals surface area contributed by atoms with Gasteiger partial charge < -0.3 is 10.1 Å². The van der Waals surface area contributed by atoms with Crippen LogP contribution in [0.15, 0.2) is 36.7 Å². The number of nitrogens with one attached hydrogen (secondary N) is 1. The molecule has 0 saturated carbocycles. The van der Waals surface area contributed by atoms with Crippen LogP contribution in [0, 0.1) is 5.92 Å². The maximum atomic E-state index is 6.09. The van der Waals surface area contributed by atoms with E-state index in [4.69, 9.17) is 4.74 Å². The first kappa shape index (κ1) is 13.2. The predicted molar refractivity (Wildman–Crippen MR) is 84.2 cm³/mol. The third-order valence-electron chi connectivity index (χ3n) is 5.05. The maximum Gasteiger partial charge on any atom is 0.0627 e. The lowest BCUT2D eigenvalue weighted by atomic mass is 9.80. The summed E-state index contributed by atoms with van der Waals surface area (Å²) < 4.78 is 6.09. The molecule has 0 radical (unpaired) electrons. The van der Waals surface area contributed by atoms with Crippen LogP contribution in [0.2, 0.25) is 0 Å². The van der Waals surface area contributed by atoms with E-state index in [0.717, 1.165) is 6.54 Å². The smallest absolute Gasteiger partial charge is 0.0627 e. The zero-order valence-corrected chi connectivity index (χ0v) is 12.5. The summed E-state index contributed by atoms with van der Waals surface area (Å²) in [6.07, 6.45) is 8.46. The summed E-state index contributed by atoms with van der Waals surface area (Å²) in [5, 5.41) is 6.26. The minimum atomic E-state index is 0.386. The fourth-order valence-corrected chi connectivity index (χ4v) is 4.16. The molecule has 0 aliphatic carbocycles. The number of pyridine rings is 1. The Morgan fingerprint density at radius 2 is 2.29 bits per heavy atom. The summed E-state index contributed by atoms with van der Waals surface area (Å²) in [6, 6.07) is 9.09. The van der Waals surface area contributed by atoms with Crippen LogP contribution in [0.25, 0.3) is 10.8 Å². The molecule has 3 heterocycles. The van der Waals surface area contributed by atoms with Gasteiger partial charge in [-0.05, 0) is 42.8 Å². The van der Waals surface area contributed by atoms with Gasteiger partial charge in [-0.2, -0.15) is 0 Å². The molecule has 4 unspecified atom stereocenters. The largest absolute Gasteiger partial charge is 0.375 e. The first-order chi connectivity index (χ1) is 10.4. The number of fused-ring (bicyclic) bond motifs is 3. The zero-order chi connectivity index (χ0) is 14.2. The second kappa shape index (κ2) is 5.39. The van der Waals surface area contributed by atoms with Crippen molar-refractivity contribution in [2.45, 2.75) is 44.4 Å². The molecule has 3 heteroatoms. The van der Waals surface area contributed by atoms with E-state index in [0.29, 0.717) is 24.2 Å². The van der Waals surface area contributed by atoms with Crippen molar-refractivity contribution in [1.29, 1.82) is 0 Å². The summed E-state index contributed by atoms with van der Waals surface area (Å²) >= 11 is 0. The lowest BCUT2D eigenvalue weighted by molar-refractivity contribution is 0.0859. The molecule has 2 saturated heterocycles. The summed E-state index contributed by atoms with van der Waals surface area (Å²) in [4.78, 5) is 4.25. The van der Waals surface area contributed by atoms with Crippen LogP contribution in [0.1, 0.15) is 37.8 Å². The number of hydrogen-bond donors (Lipinski definition) is 1. The third kappa shape index (κ3) is 2.25. The maximum absolute atomic E-state index is 6.09. The van der Waals surface area contributed by atoms with Gasteiger partial charge >= 0.3 is 0 Å². The van der Waals surface area contributed by atoms with Crippen molar-refractivity contribution in [3.63, 3.8) is 0 Å². The van der Waals surface area contributed by atoms with Crippen molar-refractivity contribution in [3.05, 3.63) is 42.2 Å². The molecule has 1 aromatic carbocycles. The zero-order valence-electron chi connectivity index (χ0n) is 12.5. The Bertz CT molecular complexity index is 637. The second-order valence-corrected chi connectivity index (χ2v) is 6.25. The molecule has 2 bridgehead atoms. The number of nitrogens with zero attached hydrogens (tertiary/aromatic N) is 1. The normalized spacial score (nSPS) is 29.1. The number of rotatable bonds is 4. The van der Waals surface area contributed by atoms with Gasteiger partial charge in [0.2, 0.25) is 0 Å². The number of ether oxygens (including phenoxy) is 1. The average Bonchev–Trinajstić information content (AvgIpc) is 3.15. The Hall–Kier alpha value is -1.45. The predicted octanol–water partition coefficient (Wildman–Crippen LogP) is 3.45. The van der Waals surface area contributed by atoms with Crippen LogP contribution in [-0.2, 0) is 4.74 Å². The van der Waals surface area contributed by atoms with Gasteiger partial charge in [0, 0.05) is 29.7 Å². The number of hydrogen-bond acceptors (Lipinski definition) is 3. The average molecular weight is 282 g/mol. The van der Waals surface area contributed by atoms with Crippen molar-refractivity contribution < 1.29 is 4.74 Å². The molecular weight excluding hydrogens is 260 g/mol. The van der Waals surface area contributed by atoms with E-state index in [1.165, 1.54) is 35.6 Å². The van der Waals surface area contributed by atoms with Crippen LogP contribution in [0.4, 0.5) is 0 Å². The van der Waals surface area contributed by atoms with Gasteiger partial charge in [0.25, 0.3) is 0 Å². The summed E-state index contributed by atoms with van der Waals surface area (Å²) in [5.41, 5.74) is 1.40. The van der Waals surface area contributed by atoms with Gasteiger partial charge in [0.1, 0.15) is 0 Å². The molecule has 0 amide bonds. The molecule has 3 nitrogen and oxygen atoms in total. The van der Waals surface area contributed by atoms with E-state index >= 15 is 0 Å². The van der Waals surface area contributed by atoms with Crippen LogP contribution >= 0.6 is 0 Å². The fourth-order valence-electron chi connectivity index (χ4n) is 4.16. The Kier molecular flexibility index (Phi) is 3.40. The van der Waals surface area contributed by atoms with Gasteiger partial charge in [-0.1, -0.05) is 25.1 Å². The summed E-state index contributed by atoms with van der Waals surface area (Å²) in [5.74, 6) is 0.600. The standard InChI is InChI=1S/C18H22N2O/c1-2-20-18(16-10-13-6-7-17(16)21-13)15-5-3-4-12-11-19-9-8-14(12)15/h3-5,8-9,11,13,16-18,20H,2,6-7,10H2,1H3. The minimum absolute atomic E-state index is 0.386. The van der Waals surface area contributed by atoms with E-state index in [1.807, 2.05) is 12.4 Å². The molecule has 4 atom stereocenters. The van der Waals surface area contributed by atoms with E-state index in [9.17, 15) is 0 Å². The SMILES string of the molecule is CCNC(c1cccc2cnccc12)C1CC2CCC1O2. The Labute approximate surface area is 125 Å². The number of aromatic nitrogens is 1. The van der Waals surface area contributed by atoms with Crippen molar-refractivity contribution in [1.82, 2.24) is 10.3 Å². The molecule has 1 aromatic heterocycles. The Morgan fingerprint density at radius 3 is 3.05 bits per heavy atom. The van der Waals surface area contributed by atoms with Crippen molar-refractivity contribution in [2.75, 3.05) is 6.54 Å². The highest BCUT2D eigenvalue weighted by molar-refractivity contribution is 5.85. The second-order valence-electron chi connectivity index (χ2n) is 6.25. The Balaban J connectivity index is 1.76. The first-order valence-electron chi connectivity index (χ1n) is 8.08. The monoisotopic (exact) mass is 282 g/mol. The summed E-state index contributed by atoms with van der Waals surface area (Å²) in [6.45, 7) is 3.17. The van der Waals surface area contributed by atoms with Crippen LogP contribution < -0.4 is 5.32 Å². The summed E-state index contributed by atoms with van der Waals surface area (Å²) in [7, 11) is 0. The van der Waals surface area contributed by atoms with Gasteiger partial charge in [-0.15, -0.1) is 0 Å². The molecule has 2 aliphatic heterocycles. The van der Waals surface area contributed by atoms with E-state index in [-0.39, 0.29) is 0 Å². The highest BCUT2D eigenvalue weighted by Crippen LogP contribution is 2.45. The topological polar surface area (TPSA) is 34.2 Å².